The lowest BCUT2D eigenvalue weighted by atomic mass is 9.95. The van der Waals surface area contributed by atoms with E-state index in [-0.39, 0.29) is 5.56 Å². The molecule has 1 aliphatic heterocycles. The van der Waals surface area contributed by atoms with Gasteiger partial charge in [-0.1, -0.05) is 6.92 Å². The van der Waals surface area contributed by atoms with Crippen molar-refractivity contribution in [2.24, 2.45) is 5.92 Å². The van der Waals surface area contributed by atoms with Gasteiger partial charge < -0.3 is 0 Å². The molecule has 0 amide bonds. The zero-order valence-electron chi connectivity index (χ0n) is 9.83. The van der Waals surface area contributed by atoms with E-state index in [0.29, 0.717) is 5.92 Å². The first-order chi connectivity index (χ1) is 7.75. The minimum absolute atomic E-state index is 0.256. The third-order valence-corrected chi connectivity index (χ3v) is 3.87. The third-order valence-electron chi connectivity index (χ3n) is 3.87. The number of hydrogen-bond acceptors (Lipinski definition) is 2. The van der Waals surface area contributed by atoms with Crippen LogP contribution in [0, 0.1) is 5.92 Å². The summed E-state index contributed by atoms with van der Waals surface area (Å²) in [6, 6.07) is 0. The van der Waals surface area contributed by atoms with Crippen molar-refractivity contribution in [2.75, 3.05) is 0 Å². The van der Waals surface area contributed by atoms with Gasteiger partial charge in [-0.2, -0.15) is 0 Å². The molecule has 0 bridgehead atoms. The summed E-state index contributed by atoms with van der Waals surface area (Å²) >= 11 is 0. The van der Waals surface area contributed by atoms with Gasteiger partial charge >= 0.3 is 0 Å². The van der Waals surface area contributed by atoms with Crippen molar-refractivity contribution in [1.29, 1.82) is 0 Å². The number of aromatic nitrogens is 2. The zero-order valence-corrected chi connectivity index (χ0v) is 9.83. The molecule has 0 aromatic carbocycles. The van der Waals surface area contributed by atoms with Gasteiger partial charge in [-0.05, 0) is 38.0 Å². The van der Waals surface area contributed by atoms with Crippen molar-refractivity contribution in [2.45, 2.75) is 52.0 Å². The van der Waals surface area contributed by atoms with Crippen LogP contribution in [0.4, 0.5) is 0 Å². The Hall–Kier alpha value is -1.12. The van der Waals surface area contributed by atoms with Gasteiger partial charge in [-0.25, -0.2) is 4.98 Å². The summed E-state index contributed by atoms with van der Waals surface area (Å²) in [6.07, 6.45) is 6.44. The number of nitrogens with zero attached hydrogens (tertiary/aromatic N) is 2. The highest BCUT2D eigenvalue weighted by Gasteiger charge is 2.22. The Kier molecular flexibility index (Phi) is 2.34. The first kappa shape index (κ1) is 10.1. The van der Waals surface area contributed by atoms with E-state index in [9.17, 15) is 4.79 Å². The second-order valence-corrected chi connectivity index (χ2v) is 5.22. The van der Waals surface area contributed by atoms with Crippen LogP contribution in [0.15, 0.2) is 4.79 Å². The summed E-state index contributed by atoms with van der Waals surface area (Å²) in [5.74, 6) is 1.65. The average Bonchev–Trinajstić information content (AvgIpc) is 2.31. The molecule has 0 saturated heterocycles. The normalized spacial score (nSPS) is 23.7. The standard InChI is InChI=1S/C13H18N2O/c1-9-6-7-12-14-11-5-3-2-4-10(11)13(16)15(12)8-9/h9H,2-8H2,1H3/t9-/m0/s1. The molecule has 16 heavy (non-hydrogen) atoms. The van der Waals surface area contributed by atoms with Gasteiger partial charge in [0.05, 0.1) is 5.69 Å². The molecule has 1 aromatic rings. The Labute approximate surface area is 95.5 Å². The van der Waals surface area contributed by atoms with Crippen LogP contribution in [0.1, 0.15) is 43.3 Å². The highest BCUT2D eigenvalue weighted by atomic mass is 16.1. The van der Waals surface area contributed by atoms with E-state index in [0.717, 1.165) is 49.3 Å². The van der Waals surface area contributed by atoms with Crippen molar-refractivity contribution >= 4 is 0 Å². The first-order valence-electron chi connectivity index (χ1n) is 6.37. The fourth-order valence-corrected chi connectivity index (χ4v) is 2.90. The molecule has 1 aromatic heterocycles. The minimum Gasteiger partial charge on any atom is -0.296 e. The van der Waals surface area contributed by atoms with E-state index in [1.807, 2.05) is 4.57 Å². The van der Waals surface area contributed by atoms with Crippen LogP contribution >= 0.6 is 0 Å². The lowest BCUT2D eigenvalue weighted by molar-refractivity contribution is 0.373. The molecule has 3 heteroatoms. The van der Waals surface area contributed by atoms with E-state index in [1.54, 1.807) is 0 Å². The first-order valence-corrected chi connectivity index (χ1v) is 6.37. The topological polar surface area (TPSA) is 34.9 Å². The maximum absolute atomic E-state index is 12.3. The molecule has 0 N–H and O–H groups in total. The molecule has 3 rings (SSSR count). The quantitative estimate of drug-likeness (QED) is 0.664. The Morgan fingerprint density at radius 2 is 2.06 bits per heavy atom. The van der Waals surface area contributed by atoms with Gasteiger partial charge in [-0.15, -0.1) is 0 Å². The monoisotopic (exact) mass is 218 g/mol. The second kappa shape index (κ2) is 3.72. The molecule has 0 radical (unpaired) electrons. The highest BCUT2D eigenvalue weighted by Crippen LogP contribution is 2.21. The van der Waals surface area contributed by atoms with E-state index in [2.05, 4.69) is 6.92 Å². The van der Waals surface area contributed by atoms with Gasteiger partial charge in [0.15, 0.2) is 0 Å². The predicted molar refractivity (Wildman–Crippen MR) is 62.6 cm³/mol. The Morgan fingerprint density at radius 3 is 2.94 bits per heavy atom. The van der Waals surface area contributed by atoms with Crippen LogP contribution in [0.5, 0.6) is 0 Å². The van der Waals surface area contributed by atoms with Crippen molar-refractivity contribution in [3.63, 3.8) is 0 Å². The lowest BCUT2D eigenvalue weighted by Crippen LogP contribution is -2.35. The van der Waals surface area contributed by atoms with Crippen LogP contribution in [-0.2, 0) is 25.8 Å². The molecule has 1 aliphatic carbocycles. The maximum Gasteiger partial charge on any atom is 0.256 e. The van der Waals surface area contributed by atoms with Crippen LogP contribution in [0.2, 0.25) is 0 Å². The fourth-order valence-electron chi connectivity index (χ4n) is 2.90. The summed E-state index contributed by atoms with van der Waals surface area (Å²) < 4.78 is 1.93. The SMILES string of the molecule is C[C@H]1CCc2nc3c(c(=O)n2C1)CCCC3. The summed E-state index contributed by atoms with van der Waals surface area (Å²) in [4.78, 5) is 17.0. The molecular weight excluding hydrogens is 200 g/mol. The highest BCUT2D eigenvalue weighted by molar-refractivity contribution is 5.22. The van der Waals surface area contributed by atoms with Crippen molar-refractivity contribution in [3.05, 3.63) is 27.4 Å². The summed E-state index contributed by atoms with van der Waals surface area (Å²) in [5.41, 5.74) is 2.35. The van der Waals surface area contributed by atoms with Crippen LogP contribution in [0.3, 0.4) is 0 Å². The molecule has 0 saturated carbocycles. The van der Waals surface area contributed by atoms with E-state index in [4.69, 9.17) is 4.98 Å². The van der Waals surface area contributed by atoms with Gasteiger partial charge in [0.25, 0.3) is 5.56 Å². The summed E-state index contributed by atoms with van der Waals surface area (Å²) in [6.45, 7) is 3.09. The van der Waals surface area contributed by atoms with Gasteiger partial charge in [-0.3, -0.25) is 9.36 Å². The molecule has 2 aliphatic rings. The number of rotatable bonds is 0. The van der Waals surface area contributed by atoms with Gasteiger partial charge in [0.1, 0.15) is 5.82 Å². The van der Waals surface area contributed by atoms with Crippen LogP contribution in [0.25, 0.3) is 0 Å². The Morgan fingerprint density at radius 1 is 1.25 bits per heavy atom. The average molecular weight is 218 g/mol. The summed E-state index contributed by atoms with van der Waals surface area (Å²) in [7, 11) is 0. The van der Waals surface area contributed by atoms with Crippen molar-refractivity contribution in [1.82, 2.24) is 9.55 Å². The molecule has 2 heterocycles. The van der Waals surface area contributed by atoms with Gasteiger partial charge in [0, 0.05) is 18.5 Å². The van der Waals surface area contributed by atoms with Crippen molar-refractivity contribution in [3.8, 4) is 0 Å². The lowest BCUT2D eigenvalue weighted by Gasteiger charge is -2.25. The molecule has 0 fully saturated rings. The zero-order chi connectivity index (χ0) is 11.1. The van der Waals surface area contributed by atoms with E-state index < -0.39 is 0 Å². The number of fused-ring (bicyclic) bond motifs is 2. The fraction of sp³-hybridized carbons (Fsp3) is 0.692. The molecule has 1 atom stereocenters. The molecule has 86 valence electrons. The minimum atomic E-state index is 0.256. The second-order valence-electron chi connectivity index (χ2n) is 5.22. The molecule has 0 spiro atoms. The Balaban J connectivity index is 2.16. The van der Waals surface area contributed by atoms with E-state index in [1.165, 1.54) is 12.8 Å². The third kappa shape index (κ3) is 1.49. The van der Waals surface area contributed by atoms with Crippen LogP contribution < -0.4 is 5.56 Å². The Bertz CT molecular complexity index is 476. The van der Waals surface area contributed by atoms with E-state index >= 15 is 0 Å². The summed E-state index contributed by atoms with van der Waals surface area (Å²) in [5, 5.41) is 0. The van der Waals surface area contributed by atoms with Crippen molar-refractivity contribution < 1.29 is 0 Å². The maximum atomic E-state index is 12.3. The number of hydrogen-bond donors (Lipinski definition) is 0. The molecule has 0 unspecified atom stereocenters. The molecular formula is C13H18N2O. The van der Waals surface area contributed by atoms with Gasteiger partial charge in [0.2, 0.25) is 0 Å². The smallest absolute Gasteiger partial charge is 0.256 e. The molecule has 3 nitrogen and oxygen atoms in total. The largest absolute Gasteiger partial charge is 0.296 e. The van der Waals surface area contributed by atoms with Crippen LogP contribution in [-0.4, -0.2) is 9.55 Å². The predicted octanol–water partition coefficient (Wildman–Crippen LogP) is 1.70. The number of aryl methyl sites for hydroxylation is 2.